The van der Waals surface area contributed by atoms with E-state index in [1.165, 1.54) is 0 Å². The van der Waals surface area contributed by atoms with Crippen molar-refractivity contribution in [3.8, 4) is 0 Å². The van der Waals surface area contributed by atoms with Crippen molar-refractivity contribution in [3.63, 3.8) is 0 Å². The summed E-state index contributed by atoms with van der Waals surface area (Å²) >= 11 is 9.19. The van der Waals surface area contributed by atoms with Gasteiger partial charge in [-0.05, 0) is 0 Å². The van der Waals surface area contributed by atoms with E-state index in [-0.39, 0.29) is 0 Å². The molecule has 0 aromatic carbocycles. The topological polar surface area (TPSA) is 12.0 Å². The number of rotatable bonds is 0. The van der Waals surface area contributed by atoms with E-state index in [9.17, 15) is 0 Å². The predicted octanol–water partition coefficient (Wildman–Crippen LogP) is -0.661. The molecule has 0 amide bonds. The van der Waals surface area contributed by atoms with Crippen LogP contribution in [0, 0.1) is 0 Å². The first-order valence-corrected chi connectivity index (χ1v) is 3.47. The van der Waals surface area contributed by atoms with E-state index in [1.54, 1.807) is 0 Å². The van der Waals surface area contributed by atoms with E-state index in [0.29, 0.717) is 4.32 Å². The van der Waals surface area contributed by atoms with E-state index in [4.69, 9.17) is 0 Å². The van der Waals surface area contributed by atoms with Crippen molar-refractivity contribution in [2.75, 3.05) is 0 Å². The molecule has 0 aliphatic carbocycles. The molecule has 0 spiro atoms. The first kappa shape index (κ1) is 6.06. The standard InChI is InChI=1S/CH3NS2.Sb.2H/c2-1(3)4;;;/h(H3,2,3,4);;;/q;+1;;/p-1. The van der Waals surface area contributed by atoms with Crippen LogP contribution in [0.1, 0.15) is 0 Å². The number of nitrogens with one attached hydrogen (secondary N) is 1. The first-order chi connectivity index (χ1) is 2.27. The van der Waals surface area contributed by atoms with Crippen LogP contribution in [-0.2, 0) is 0 Å². The predicted molar refractivity (Wildman–Crippen MR) is 33.3 cm³/mol. The summed E-state index contributed by atoms with van der Waals surface area (Å²) in [7, 11) is 0. The van der Waals surface area contributed by atoms with E-state index in [2.05, 4.69) is 28.3 Å². The van der Waals surface area contributed by atoms with Gasteiger partial charge in [-0.25, -0.2) is 0 Å². The Morgan fingerprint density at radius 3 is 2.20 bits per heavy atom. The minimum atomic E-state index is 0.590. The molecule has 0 bridgehead atoms. The zero-order valence-corrected chi connectivity index (χ0v) is 7.44. The zero-order valence-electron chi connectivity index (χ0n) is 2.43. The molecule has 0 fully saturated rings. The molecule has 5 heavy (non-hydrogen) atoms. The average molecular weight is 216 g/mol. The van der Waals surface area contributed by atoms with Crippen molar-refractivity contribution >= 4 is 52.5 Å². The van der Waals surface area contributed by atoms with Gasteiger partial charge < -0.3 is 0 Å². The summed E-state index contributed by atoms with van der Waals surface area (Å²) in [5.41, 5.74) is 0. The maximum absolute atomic E-state index is 4.48. The molecule has 0 unspecified atom stereocenters. The van der Waals surface area contributed by atoms with E-state index in [0.717, 1.165) is 23.3 Å². The van der Waals surface area contributed by atoms with E-state index >= 15 is 0 Å². The molecule has 1 nitrogen and oxygen atoms in total. The maximum atomic E-state index is 4.48. The second-order valence-electron chi connectivity index (χ2n) is 0.449. The fourth-order valence-electron chi connectivity index (χ4n) is 0. The number of hydrogen-bond donors (Lipinski definition) is 2. The first-order valence-electron chi connectivity index (χ1n) is 0.966. The molecule has 30 valence electrons. The Balaban J connectivity index is 2.85. The Hall–Kier alpha value is 1.06. The summed E-state index contributed by atoms with van der Waals surface area (Å²) in [5, 5.41) is 0. The Bertz CT molecular complexity index is 44.9. The van der Waals surface area contributed by atoms with Crippen LogP contribution in [0.5, 0.6) is 0 Å². The van der Waals surface area contributed by atoms with Crippen molar-refractivity contribution in [1.29, 1.82) is 0 Å². The summed E-state index contributed by atoms with van der Waals surface area (Å²) in [5.74, 6) is 0. The fourth-order valence-corrected chi connectivity index (χ4v) is 0. The molecule has 0 radical (unpaired) electrons. The Kier molecular flexibility index (Phi) is 3.94. The summed E-state index contributed by atoms with van der Waals surface area (Å²) in [6.45, 7) is 0. The molecule has 0 heterocycles. The number of hydrogen-bond acceptors (Lipinski definition) is 1. The average Bonchev–Trinajstić information content (AvgIpc) is 1.38. The third-order valence-corrected chi connectivity index (χ3v) is 2.48. The van der Waals surface area contributed by atoms with Gasteiger partial charge in [-0.1, -0.05) is 0 Å². The van der Waals surface area contributed by atoms with Crippen LogP contribution in [0.2, 0.25) is 0 Å². The van der Waals surface area contributed by atoms with E-state index in [1.807, 2.05) is 0 Å². The third kappa shape index (κ3) is 5.06. The van der Waals surface area contributed by atoms with Crippen molar-refractivity contribution in [2.24, 2.45) is 0 Å². The molecule has 1 N–H and O–H groups in total. The molecule has 0 saturated heterocycles. The fraction of sp³-hybridized carbons (Fsp3) is 0. The van der Waals surface area contributed by atoms with Crippen molar-refractivity contribution < 1.29 is 0 Å². The Morgan fingerprint density at radius 2 is 2.20 bits per heavy atom. The van der Waals surface area contributed by atoms with Crippen molar-refractivity contribution in [1.82, 2.24) is 3.48 Å². The van der Waals surface area contributed by atoms with Gasteiger partial charge in [-0.15, -0.1) is 0 Å². The number of thiocarbonyl (C=S) groups is 1. The van der Waals surface area contributed by atoms with Gasteiger partial charge in [-0.2, -0.15) is 0 Å². The molecule has 0 saturated carbocycles. The molecule has 0 atom stereocenters. The number of thiol groups is 1. The summed E-state index contributed by atoms with van der Waals surface area (Å²) in [6.07, 6.45) is 0. The van der Waals surface area contributed by atoms with Crippen LogP contribution in [0.4, 0.5) is 0 Å². The zero-order chi connectivity index (χ0) is 4.28. The van der Waals surface area contributed by atoms with E-state index < -0.39 is 0 Å². The molecule has 0 aromatic rings. The molecule has 0 aliphatic rings. The normalized spacial score (nSPS) is 6.80. The van der Waals surface area contributed by atoms with Gasteiger partial charge in [0.15, 0.2) is 0 Å². The third-order valence-electron chi connectivity index (χ3n) is 0.123. The molecular formula is CH4NS2Sb. The van der Waals surface area contributed by atoms with Crippen LogP contribution >= 0.6 is 24.8 Å². The van der Waals surface area contributed by atoms with Crippen LogP contribution in [0.25, 0.3) is 0 Å². The Labute approximate surface area is 55.8 Å². The van der Waals surface area contributed by atoms with Gasteiger partial charge in [0, 0.05) is 0 Å². The summed E-state index contributed by atoms with van der Waals surface area (Å²) < 4.78 is 3.34. The van der Waals surface area contributed by atoms with Crippen LogP contribution in [0.3, 0.4) is 0 Å². The van der Waals surface area contributed by atoms with Gasteiger partial charge in [0.25, 0.3) is 0 Å². The second kappa shape index (κ2) is 3.26. The van der Waals surface area contributed by atoms with Crippen molar-refractivity contribution in [2.45, 2.75) is 0 Å². The van der Waals surface area contributed by atoms with Gasteiger partial charge in [0.05, 0.1) is 0 Å². The van der Waals surface area contributed by atoms with Crippen LogP contribution in [-0.4, -0.2) is 27.6 Å². The molecule has 0 aliphatic heterocycles. The van der Waals surface area contributed by atoms with Gasteiger partial charge in [-0.3, -0.25) is 0 Å². The molecule has 0 aromatic heterocycles. The van der Waals surface area contributed by atoms with Gasteiger partial charge in [0.2, 0.25) is 0 Å². The summed E-state index contributed by atoms with van der Waals surface area (Å²) in [4.78, 5) is 0. The monoisotopic (exact) mass is 215 g/mol. The van der Waals surface area contributed by atoms with Crippen LogP contribution < -0.4 is 3.48 Å². The summed E-state index contributed by atoms with van der Waals surface area (Å²) in [6, 6.07) is 0. The van der Waals surface area contributed by atoms with Crippen LogP contribution in [0.15, 0.2) is 0 Å². The van der Waals surface area contributed by atoms with Gasteiger partial charge in [0.1, 0.15) is 0 Å². The SMILES string of the molecule is S=C(S)[NH][SbH2]. The Morgan fingerprint density at radius 1 is 2.00 bits per heavy atom. The van der Waals surface area contributed by atoms with Crippen molar-refractivity contribution in [3.05, 3.63) is 0 Å². The molecule has 4 heteroatoms. The molecule has 0 rings (SSSR count). The molecular weight excluding hydrogens is 212 g/mol. The second-order valence-corrected chi connectivity index (χ2v) is 2.43. The van der Waals surface area contributed by atoms with Gasteiger partial charge >= 0.3 is 55.9 Å². The quantitative estimate of drug-likeness (QED) is 0.316. The minimum absolute atomic E-state index is 0.590.